The molecule has 0 bridgehead atoms. The minimum atomic E-state index is 1.01. The van der Waals surface area contributed by atoms with Gasteiger partial charge in [0.05, 0.1) is 7.11 Å². The molecule has 0 aromatic heterocycles. The van der Waals surface area contributed by atoms with Crippen molar-refractivity contribution in [3.05, 3.63) is 23.5 Å². The summed E-state index contributed by atoms with van der Waals surface area (Å²) in [5.41, 5.74) is 1.30. The molecule has 0 amide bonds. The molecule has 78 valence electrons. The van der Waals surface area contributed by atoms with Crippen molar-refractivity contribution in [1.82, 2.24) is 0 Å². The van der Waals surface area contributed by atoms with E-state index >= 15 is 0 Å². The van der Waals surface area contributed by atoms with E-state index < -0.39 is 0 Å². The Morgan fingerprint density at radius 2 is 1.69 bits per heavy atom. The van der Waals surface area contributed by atoms with Crippen LogP contribution in [0.5, 0.6) is 0 Å². The van der Waals surface area contributed by atoms with Gasteiger partial charge in [0.1, 0.15) is 5.76 Å². The quantitative estimate of drug-likeness (QED) is 0.467. The van der Waals surface area contributed by atoms with Crippen LogP contribution in [0.4, 0.5) is 0 Å². The molecule has 0 fully saturated rings. The first-order valence-corrected chi connectivity index (χ1v) is 5.16. The Morgan fingerprint density at radius 3 is 1.92 bits per heavy atom. The summed E-state index contributed by atoms with van der Waals surface area (Å²) in [5, 5.41) is 0. The van der Waals surface area contributed by atoms with Crippen LogP contribution in [0.3, 0.4) is 0 Å². The van der Waals surface area contributed by atoms with Gasteiger partial charge in [0.2, 0.25) is 0 Å². The van der Waals surface area contributed by atoms with E-state index in [1.54, 1.807) is 7.11 Å². The van der Waals surface area contributed by atoms with Crippen LogP contribution < -0.4 is 0 Å². The highest BCUT2D eigenvalue weighted by molar-refractivity contribution is 5.24. The molecule has 1 heteroatoms. The zero-order chi connectivity index (χ0) is 10.7. The smallest absolute Gasteiger partial charge is 0.117 e. The van der Waals surface area contributed by atoms with E-state index in [0.717, 1.165) is 12.2 Å². The summed E-state index contributed by atoms with van der Waals surface area (Å²) in [6, 6.07) is 0. The summed E-state index contributed by atoms with van der Waals surface area (Å²) in [5.74, 6) is 1.01. The maximum Gasteiger partial charge on any atom is 0.117 e. The Bertz CT molecular complexity index is 155. The Kier molecular flexibility index (Phi) is 12.8. The number of hydrogen-bond acceptors (Lipinski definition) is 1. The molecule has 0 saturated carbocycles. The van der Waals surface area contributed by atoms with Crippen molar-refractivity contribution in [1.29, 1.82) is 0 Å². The molecule has 0 aliphatic rings. The zero-order valence-corrected chi connectivity index (χ0v) is 9.98. The Labute approximate surface area is 83.5 Å². The SMILES string of the molecule is C/C=C(CCC)\C(=C/C)OC.CC. The van der Waals surface area contributed by atoms with Crippen LogP contribution in [-0.4, -0.2) is 7.11 Å². The van der Waals surface area contributed by atoms with E-state index in [1.807, 2.05) is 33.8 Å². The highest BCUT2D eigenvalue weighted by atomic mass is 16.5. The van der Waals surface area contributed by atoms with Gasteiger partial charge in [0, 0.05) is 0 Å². The molecule has 1 nitrogen and oxygen atoms in total. The highest BCUT2D eigenvalue weighted by Gasteiger charge is 2.00. The number of methoxy groups -OCH3 is 1. The molecule has 0 aromatic carbocycles. The molecule has 0 radical (unpaired) electrons. The number of allylic oxidation sites excluding steroid dienone is 3. The largest absolute Gasteiger partial charge is 0.497 e. The fraction of sp³-hybridized carbons (Fsp3) is 0.667. The van der Waals surface area contributed by atoms with Crippen molar-refractivity contribution in [3.63, 3.8) is 0 Å². The zero-order valence-electron chi connectivity index (χ0n) is 9.98. The Balaban J connectivity index is 0. The normalized spacial score (nSPS) is 11.8. The van der Waals surface area contributed by atoms with E-state index in [4.69, 9.17) is 4.74 Å². The fourth-order valence-electron chi connectivity index (χ4n) is 1.11. The van der Waals surface area contributed by atoms with Gasteiger partial charge in [-0.1, -0.05) is 33.3 Å². The van der Waals surface area contributed by atoms with Gasteiger partial charge < -0.3 is 4.74 Å². The lowest BCUT2D eigenvalue weighted by Gasteiger charge is -2.08. The minimum absolute atomic E-state index is 1.01. The molecule has 0 aliphatic carbocycles. The summed E-state index contributed by atoms with van der Waals surface area (Å²) >= 11 is 0. The van der Waals surface area contributed by atoms with Crippen LogP contribution in [0.15, 0.2) is 23.5 Å². The van der Waals surface area contributed by atoms with Crippen LogP contribution in [0.25, 0.3) is 0 Å². The first-order chi connectivity index (χ1) is 6.29. The fourth-order valence-corrected chi connectivity index (χ4v) is 1.11. The molecule has 0 spiro atoms. The van der Waals surface area contributed by atoms with Crippen molar-refractivity contribution in [2.24, 2.45) is 0 Å². The first kappa shape index (κ1) is 14.8. The minimum Gasteiger partial charge on any atom is -0.497 e. The second-order valence-corrected chi connectivity index (χ2v) is 2.42. The Morgan fingerprint density at radius 1 is 1.15 bits per heavy atom. The first-order valence-electron chi connectivity index (χ1n) is 5.16. The maximum absolute atomic E-state index is 5.20. The summed E-state index contributed by atoms with van der Waals surface area (Å²) in [6.07, 6.45) is 6.39. The third-order valence-corrected chi connectivity index (χ3v) is 1.67. The molecule has 0 aromatic rings. The van der Waals surface area contributed by atoms with Gasteiger partial charge in [-0.3, -0.25) is 0 Å². The average molecular weight is 184 g/mol. The maximum atomic E-state index is 5.20. The molecule has 0 heterocycles. The lowest BCUT2D eigenvalue weighted by molar-refractivity contribution is 0.297. The van der Waals surface area contributed by atoms with Gasteiger partial charge in [-0.25, -0.2) is 0 Å². The van der Waals surface area contributed by atoms with Crippen molar-refractivity contribution in [2.75, 3.05) is 7.11 Å². The van der Waals surface area contributed by atoms with E-state index in [1.165, 1.54) is 12.0 Å². The van der Waals surface area contributed by atoms with E-state index in [9.17, 15) is 0 Å². The molecular weight excluding hydrogens is 160 g/mol. The summed E-state index contributed by atoms with van der Waals surface area (Å²) < 4.78 is 5.20. The average Bonchev–Trinajstić information content (AvgIpc) is 2.21. The van der Waals surface area contributed by atoms with E-state index in [2.05, 4.69) is 13.0 Å². The number of hydrogen-bond donors (Lipinski definition) is 0. The van der Waals surface area contributed by atoms with Crippen molar-refractivity contribution < 1.29 is 4.74 Å². The second-order valence-electron chi connectivity index (χ2n) is 2.42. The second kappa shape index (κ2) is 11.3. The lowest BCUT2D eigenvalue weighted by Crippen LogP contribution is -1.91. The summed E-state index contributed by atoms with van der Waals surface area (Å²) in [4.78, 5) is 0. The van der Waals surface area contributed by atoms with Crippen molar-refractivity contribution >= 4 is 0 Å². The van der Waals surface area contributed by atoms with Gasteiger partial charge in [0.25, 0.3) is 0 Å². The standard InChI is InChI=1S/C10H18O.C2H6/c1-5-8-9(6-2)10(7-3)11-4;1-2/h6-7H,5,8H2,1-4H3;1-2H3/b9-6-,10-7+;. The topological polar surface area (TPSA) is 9.23 Å². The molecule has 0 aliphatic heterocycles. The molecular formula is C12H24O. The molecule has 0 rings (SSSR count). The third kappa shape index (κ3) is 6.44. The van der Waals surface area contributed by atoms with Gasteiger partial charge in [0.15, 0.2) is 0 Å². The molecule has 13 heavy (non-hydrogen) atoms. The summed E-state index contributed by atoms with van der Waals surface area (Å²) in [7, 11) is 1.72. The van der Waals surface area contributed by atoms with E-state index in [0.29, 0.717) is 0 Å². The number of rotatable bonds is 4. The van der Waals surface area contributed by atoms with Gasteiger partial charge >= 0.3 is 0 Å². The molecule has 0 saturated heterocycles. The van der Waals surface area contributed by atoms with Crippen LogP contribution in [-0.2, 0) is 4.74 Å². The Hall–Kier alpha value is -0.720. The van der Waals surface area contributed by atoms with Crippen molar-refractivity contribution in [3.8, 4) is 0 Å². The molecule has 0 unspecified atom stereocenters. The van der Waals surface area contributed by atoms with E-state index in [-0.39, 0.29) is 0 Å². The van der Waals surface area contributed by atoms with Crippen molar-refractivity contribution in [2.45, 2.75) is 47.5 Å². The predicted octanol–water partition coefficient (Wildman–Crippen LogP) is 4.31. The van der Waals surface area contributed by atoms with Crippen LogP contribution in [0, 0.1) is 0 Å². The van der Waals surface area contributed by atoms with Gasteiger partial charge in [-0.2, -0.15) is 0 Å². The number of ether oxygens (including phenoxy) is 1. The lowest BCUT2D eigenvalue weighted by atomic mass is 10.1. The van der Waals surface area contributed by atoms with Crippen LogP contribution in [0.1, 0.15) is 47.5 Å². The van der Waals surface area contributed by atoms with Crippen LogP contribution in [0.2, 0.25) is 0 Å². The molecule has 0 atom stereocenters. The van der Waals surface area contributed by atoms with Gasteiger partial charge in [-0.15, -0.1) is 0 Å². The summed E-state index contributed by atoms with van der Waals surface area (Å²) in [6.45, 7) is 10.2. The predicted molar refractivity (Wildman–Crippen MR) is 60.8 cm³/mol. The van der Waals surface area contributed by atoms with Gasteiger partial charge in [-0.05, 0) is 31.9 Å². The monoisotopic (exact) mass is 184 g/mol. The third-order valence-electron chi connectivity index (χ3n) is 1.67. The van der Waals surface area contributed by atoms with Crippen LogP contribution >= 0.6 is 0 Å². The molecule has 0 N–H and O–H groups in total. The highest BCUT2D eigenvalue weighted by Crippen LogP contribution is 2.15.